The van der Waals surface area contributed by atoms with Crippen LogP contribution in [0.1, 0.15) is 61.0 Å². The minimum absolute atomic E-state index is 0.104. The van der Waals surface area contributed by atoms with E-state index in [0.29, 0.717) is 31.2 Å². The third kappa shape index (κ3) is 5.73. The van der Waals surface area contributed by atoms with Gasteiger partial charge in [-0.3, -0.25) is 4.79 Å². The quantitative estimate of drug-likeness (QED) is 0.667. The third-order valence-corrected chi connectivity index (χ3v) is 5.06. The van der Waals surface area contributed by atoms with E-state index in [0.717, 1.165) is 42.1 Å². The van der Waals surface area contributed by atoms with E-state index in [9.17, 15) is 4.79 Å². The van der Waals surface area contributed by atoms with Crippen LogP contribution in [0.4, 0.5) is 0 Å². The number of rotatable bonds is 9. The van der Waals surface area contributed by atoms with Crippen LogP contribution in [0.15, 0.2) is 42.5 Å². The molecule has 1 atom stereocenters. The van der Waals surface area contributed by atoms with Gasteiger partial charge in [0.25, 0.3) is 5.91 Å². The molecule has 0 aromatic heterocycles. The summed E-state index contributed by atoms with van der Waals surface area (Å²) in [5.41, 5.74) is 2.62. The average molecular weight is 398 g/mol. The Labute approximate surface area is 173 Å². The van der Waals surface area contributed by atoms with Crippen molar-refractivity contribution < 1.29 is 19.0 Å². The van der Waals surface area contributed by atoms with Crippen LogP contribution >= 0.6 is 0 Å². The summed E-state index contributed by atoms with van der Waals surface area (Å²) < 4.78 is 17.4. The van der Waals surface area contributed by atoms with Crippen LogP contribution in [0.3, 0.4) is 0 Å². The maximum atomic E-state index is 12.6. The van der Waals surface area contributed by atoms with Crippen molar-refractivity contribution >= 4 is 5.91 Å². The first-order chi connectivity index (χ1) is 14.1. The van der Waals surface area contributed by atoms with Gasteiger partial charge in [0.05, 0.1) is 12.7 Å². The lowest BCUT2D eigenvalue weighted by molar-refractivity contribution is 0.0857. The van der Waals surface area contributed by atoms with E-state index in [4.69, 9.17) is 14.2 Å². The summed E-state index contributed by atoms with van der Waals surface area (Å²) in [6, 6.07) is 13.5. The van der Waals surface area contributed by atoms with Crippen LogP contribution in [-0.4, -0.2) is 31.8 Å². The predicted octanol–water partition coefficient (Wildman–Crippen LogP) is 4.70. The number of amides is 1. The van der Waals surface area contributed by atoms with E-state index in [1.807, 2.05) is 37.3 Å². The molecule has 5 heteroatoms. The van der Waals surface area contributed by atoms with Crippen molar-refractivity contribution in [1.29, 1.82) is 0 Å². The first-order valence-corrected chi connectivity index (χ1v) is 10.5. The molecule has 0 radical (unpaired) electrons. The fraction of sp³-hybridized carbons (Fsp3) is 0.458. The van der Waals surface area contributed by atoms with Crippen molar-refractivity contribution in [3.63, 3.8) is 0 Å². The van der Waals surface area contributed by atoms with E-state index in [1.54, 1.807) is 6.07 Å². The molecule has 3 rings (SSSR count). The van der Waals surface area contributed by atoms with Crippen LogP contribution in [0.2, 0.25) is 0 Å². The molecule has 2 aromatic carbocycles. The second-order valence-electron chi connectivity index (χ2n) is 7.58. The Morgan fingerprint density at radius 3 is 2.72 bits per heavy atom. The molecule has 156 valence electrons. The molecule has 5 nitrogen and oxygen atoms in total. The zero-order valence-electron chi connectivity index (χ0n) is 17.6. The summed E-state index contributed by atoms with van der Waals surface area (Å²) in [5, 5.41) is 2.97. The molecule has 1 fully saturated rings. The lowest BCUT2D eigenvalue weighted by Gasteiger charge is -2.17. The maximum absolute atomic E-state index is 12.6. The third-order valence-electron chi connectivity index (χ3n) is 5.06. The zero-order valence-corrected chi connectivity index (χ0v) is 17.6. The second kappa shape index (κ2) is 10.3. The summed E-state index contributed by atoms with van der Waals surface area (Å²) in [7, 11) is 0. The van der Waals surface area contributed by atoms with E-state index >= 15 is 0 Å². The molecule has 0 unspecified atom stereocenters. The summed E-state index contributed by atoms with van der Waals surface area (Å²) in [5.74, 6) is 1.86. The molecule has 1 aliphatic rings. The number of ether oxygens (including phenoxy) is 3. The Morgan fingerprint density at radius 1 is 1.17 bits per heavy atom. The average Bonchev–Trinajstić information content (AvgIpc) is 3.25. The van der Waals surface area contributed by atoms with Crippen molar-refractivity contribution in [2.24, 2.45) is 0 Å². The molecule has 29 heavy (non-hydrogen) atoms. The van der Waals surface area contributed by atoms with Gasteiger partial charge in [-0.2, -0.15) is 0 Å². The van der Waals surface area contributed by atoms with Gasteiger partial charge in [-0.1, -0.05) is 32.0 Å². The Hall–Kier alpha value is -2.53. The van der Waals surface area contributed by atoms with Crippen LogP contribution in [0, 0.1) is 0 Å². The Balaban J connectivity index is 1.72. The largest absolute Gasteiger partial charge is 0.493 e. The van der Waals surface area contributed by atoms with Crippen LogP contribution in [0.5, 0.6) is 11.5 Å². The monoisotopic (exact) mass is 397 g/mol. The first-order valence-electron chi connectivity index (χ1n) is 10.5. The molecule has 0 aliphatic carbocycles. The Kier molecular flexibility index (Phi) is 7.53. The summed E-state index contributed by atoms with van der Waals surface area (Å²) in [4.78, 5) is 12.6. The maximum Gasteiger partial charge on any atom is 0.251 e. The molecule has 1 N–H and O–H groups in total. The molecule has 0 spiro atoms. The van der Waals surface area contributed by atoms with E-state index in [-0.39, 0.29) is 12.0 Å². The van der Waals surface area contributed by atoms with Crippen molar-refractivity contribution in [3.05, 3.63) is 59.2 Å². The highest BCUT2D eigenvalue weighted by Crippen LogP contribution is 2.28. The normalized spacial score (nSPS) is 16.1. The predicted molar refractivity (Wildman–Crippen MR) is 114 cm³/mol. The second-order valence-corrected chi connectivity index (χ2v) is 7.58. The lowest BCUT2D eigenvalue weighted by Crippen LogP contribution is -2.31. The zero-order chi connectivity index (χ0) is 20.6. The fourth-order valence-corrected chi connectivity index (χ4v) is 3.49. The highest BCUT2D eigenvalue weighted by Gasteiger charge is 2.18. The Bertz CT molecular complexity index is 812. The van der Waals surface area contributed by atoms with Gasteiger partial charge in [-0.05, 0) is 55.5 Å². The van der Waals surface area contributed by atoms with Gasteiger partial charge in [-0.25, -0.2) is 0 Å². The number of para-hydroxylation sites is 1. The number of carbonyl (C=O) groups is 1. The molecule has 1 aliphatic heterocycles. The highest BCUT2D eigenvalue weighted by atomic mass is 16.5. The molecule has 0 bridgehead atoms. The highest BCUT2D eigenvalue weighted by molar-refractivity contribution is 5.94. The molecular weight excluding hydrogens is 366 g/mol. The Morgan fingerprint density at radius 2 is 2.00 bits per heavy atom. The minimum atomic E-state index is -0.104. The fourth-order valence-electron chi connectivity index (χ4n) is 3.49. The number of hydrogen-bond donors (Lipinski definition) is 1. The molecular formula is C24H31NO4. The minimum Gasteiger partial charge on any atom is -0.493 e. The van der Waals surface area contributed by atoms with E-state index < -0.39 is 0 Å². The van der Waals surface area contributed by atoms with Crippen molar-refractivity contribution in [2.75, 3.05) is 19.8 Å². The molecule has 1 amide bonds. The topological polar surface area (TPSA) is 56.8 Å². The number of benzene rings is 2. The molecule has 2 aromatic rings. The SMILES string of the molecule is CCOc1ccc(C(=O)NC[C@H]2CCCO2)cc1COc1ccccc1C(C)C. The molecule has 1 heterocycles. The van der Waals surface area contributed by atoms with Gasteiger partial charge in [-0.15, -0.1) is 0 Å². The number of carbonyl (C=O) groups excluding carboxylic acids is 1. The smallest absolute Gasteiger partial charge is 0.251 e. The van der Waals surface area contributed by atoms with Crippen molar-refractivity contribution in [3.8, 4) is 11.5 Å². The van der Waals surface area contributed by atoms with Gasteiger partial charge in [0.2, 0.25) is 0 Å². The van der Waals surface area contributed by atoms with Crippen LogP contribution in [0.25, 0.3) is 0 Å². The summed E-state index contributed by atoms with van der Waals surface area (Å²) >= 11 is 0. The standard InChI is InChI=1S/C24H31NO4/c1-4-27-22-12-11-18(24(26)25-15-20-8-7-13-28-20)14-19(22)16-29-23-10-6-5-9-21(23)17(2)3/h5-6,9-12,14,17,20H,4,7-8,13,15-16H2,1-3H3,(H,25,26)/t20-/m1/s1. The first kappa shape index (κ1) is 21.2. The van der Waals surface area contributed by atoms with Crippen molar-refractivity contribution in [1.82, 2.24) is 5.32 Å². The van der Waals surface area contributed by atoms with Gasteiger partial charge < -0.3 is 19.5 Å². The summed E-state index contributed by atoms with van der Waals surface area (Å²) in [6.07, 6.45) is 2.18. The van der Waals surface area contributed by atoms with Gasteiger partial charge in [0, 0.05) is 24.3 Å². The van der Waals surface area contributed by atoms with Gasteiger partial charge in [0.1, 0.15) is 18.1 Å². The van der Waals surface area contributed by atoms with Crippen molar-refractivity contribution in [2.45, 2.75) is 52.2 Å². The number of hydrogen-bond acceptors (Lipinski definition) is 4. The molecule has 1 saturated heterocycles. The van der Waals surface area contributed by atoms with Gasteiger partial charge >= 0.3 is 0 Å². The summed E-state index contributed by atoms with van der Waals surface area (Å²) in [6.45, 7) is 8.45. The van der Waals surface area contributed by atoms with E-state index in [1.165, 1.54) is 0 Å². The van der Waals surface area contributed by atoms with Crippen LogP contribution in [-0.2, 0) is 11.3 Å². The molecule has 0 saturated carbocycles. The lowest BCUT2D eigenvalue weighted by atomic mass is 10.0. The van der Waals surface area contributed by atoms with Crippen LogP contribution < -0.4 is 14.8 Å². The number of nitrogens with one attached hydrogen (secondary N) is 1. The van der Waals surface area contributed by atoms with Gasteiger partial charge in [0.15, 0.2) is 0 Å². The van der Waals surface area contributed by atoms with E-state index in [2.05, 4.69) is 25.2 Å².